The van der Waals surface area contributed by atoms with Gasteiger partial charge in [-0.25, -0.2) is 4.79 Å². The van der Waals surface area contributed by atoms with Crippen LogP contribution in [0.3, 0.4) is 0 Å². The highest BCUT2D eigenvalue weighted by Crippen LogP contribution is 2.13. The Morgan fingerprint density at radius 1 is 1.08 bits per heavy atom. The van der Waals surface area contributed by atoms with Crippen LogP contribution < -0.4 is 16.6 Å². The number of carbonyl (C=O) groups excluding carboxylic acids is 1. The zero-order valence-electron chi connectivity index (χ0n) is 14.6. The van der Waals surface area contributed by atoms with Gasteiger partial charge in [-0.15, -0.1) is 0 Å². The van der Waals surface area contributed by atoms with Crippen LogP contribution in [0.1, 0.15) is 24.8 Å². The third-order valence-electron chi connectivity index (χ3n) is 4.44. The number of hydrogen-bond acceptors (Lipinski definition) is 3. The van der Waals surface area contributed by atoms with E-state index in [4.69, 9.17) is 0 Å². The van der Waals surface area contributed by atoms with Gasteiger partial charge in [0.1, 0.15) is 0 Å². The molecule has 6 heteroatoms. The van der Waals surface area contributed by atoms with E-state index in [1.807, 2.05) is 30.3 Å². The first-order valence-corrected chi connectivity index (χ1v) is 8.60. The van der Waals surface area contributed by atoms with Crippen molar-refractivity contribution in [3.05, 3.63) is 81.0 Å². The molecule has 0 radical (unpaired) electrons. The summed E-state index contributed by atoms with van der Waals surface area (Å²) in [6.07, 6.45) is 0.164. The van der Waals surface area contributed by atoms with Crippen molar-refractivity contribution in [2.75, 3.05) is 6.54 Å². The number of rotatable bonds is 6. The van der Waals surface area contributed by atoms with Crippen molar-refractivity contribution in [2.24, 2.45) is 0 Å². The molecule has 6 nitrogen and oxygen atoms in total. The number of fused-ring (bicyclic) bond motifs is 1. The molecule has 1 unspecified atom stereocenters. The fourth-order valence-corrected chi connectivity index (χ4v) is 2.93. The molecule has 2 aromatic carbocycles. The van der Waals surface area contributed by atoms with Gasteiger partial charge in [-0.1, -0.05) is 49.4 Å². The largest absolute Gasteiger partial charge is 0.355 e. The van der Waals surface area contributed by atoms with E-state index in [2.05, 4.69) is 17.2 Å². The predicted molar refractivity (Wildman–Crippen MR) is 101 cm³/mol. The van der Waals surface area contributed by atoms with Crippen LogP contribution in [0.25, 0.3) is 10.9 Å². The Balaban J connectivity index is 1.64. The highest BCUT2D eigenvalue weighted by molar-refractivity contribution is 5.78. The van der Waals surface area contributed by atoms with Crippen molar-refractivity contribution in [1.82, 2.24) is 14.9 Å². The second-order valence-electron chi connectivity index (χ2n) is 6.29. The minimum Gasteiger partial charge on any atom is -0.355 e. The lowest BCUT2D eigenvalue weighted by Gasteiger charge is -2.14. The molecule has 0 saturated carbocycles. The van der Waals surface area contributed by atoms with Crippen LogP contribution in [0.15, 0.2) is 64.2 Å². The van der Waals surface area contributed by atoms with Crippen LogP contribution in [0.5, 0.6) is 0 Å². The number of carbonyl (C=O) groups is 1. The van der Waals surface area contributed by atoms with Crippen LogP contribution in [-0.2, 0) is 11.3 Å². The Bertz CT molecular complexity index is 1020. The van der Waals surface area contributed by atoms with Gasteiger partial charge in [-0.05, 0) is 23.6 Å². The monoisotopic (exact) mass is 351 g/mol. The fraction of sp³-hybridized carbons (Fsp3) is 0.250. The Labute approximate surface area is 150 Å². The molecule has 0 spiro atoms. The van der Waals surface area contributed by atoms with Crippen LogP contribution >= 0.6 is 0 Å². The Kier molecular flexibility index (Phi) is 5.31. The number of benzene rings is 2. The van der Waals surface area contributed by atoms with Gasteiger partial charge in [0, 0.05) is 19.5 Å². The summed E-state index contributed by atoms with van der Waals surface area (Å²) in [5, 5.41) is 3.34. The van der Waals surface area contributed by atoms with Gasteiger partial charge < -0.3 is 5.32 Å². The number of amides is 1. The molecule has 0 aliphatic heterocycles. The molecule has 3 rings (SSSR count). The second kappa shape index (κ2) is 7.82. The number of hydrogen-bond donors (Lipinski definition) is 2. The van der Waals surface area contributed by atoms with Crippen LogP contribution in [0.4, 0.5) is 0 Å². The molecule has 1 heterocycles. The van der Waals surface area contributed by atoms with Crippen molar-refractivity contribution in [1.29, 1.82) is 0 Å². The Hall–Kier alpha value is -3.15. The maximum Gasteiger partial charge on any atom is 0.328 e. The molecule has 0 aliphatic rings. The number of para-hydroxylation sites is 1. The van der Waals surface area contributed by atoms with Gasteiger partial charge in [-0.2, -0.15) is 0 Å². The van der Waals surface area contributed by atoms with E-state index in [9.17, 15) is 14.4 Å². The lowest BCUT2D eigenvalue weighted by atomic mass is 10.0. The maximum atomic E-state index is 12.2. The minimum atomic E-state index is -0.501. The Morgan fingerprint density at radius 3 is 2.54 bits per heavy atom. The van der Waals surface area contributed by atoms with Crippen molar-refractivity contribution in [2.45, 2.75) is 25.8 Å². The summed E-state index contributed by atoms with van der Waals surface area (Å²) < 4.78 is 1.43. The van der Waals surface area contributed by atoms with E-state index in [1.165, 1.54) is 4.57 Å². The van der Waals surface area contributed by atoms with Crippen molar-refractivity contribution in [3.8, 4) is 0 Å². The van der Waals surface area contributed by atoms with E-state index < -0.39 is 11.2 Å². The smallest absolute Gasteiger partial charge is 0.328 e. The lowest BCUT2D eigenvalue weighted by Crippen LogP contribution is -2.33. The van der Waals surface area contributed by atoms with E-state index in [-0.39, 0.29) is 24.8 Å². The summed E-state index contributed by atoms with van der Waals surface area (Å²) in [7, 11) is 0. The molecule has 1 aromatic heterocycles. The van der Waals surface area contributed by atoms with Crippen molar-refractivity contribution < 1.29 is 4.79 Å². The van der Waals surface area contributed by atoms with Gasteiger partial charge in [-0.3, -0.25) is 19.1 Å². The van der Waals surface area contributed by atoms with Crippen LogP contribution in [-0.4, -0.2) is 22.0 Å². The number of nitrogens with one attached hydrogen (secondary N) is 2. The van der Waals surface area contributed by atoms with Gasteiger partial charge in [0.25, 0.3) is 5.56 Å². The number of aromatic nitrogens is 2. The average Bonchev–Trinajstić information content (AvgIpc) is 2.66. The topological polar surface area (TPSA) is 84.0 Å². The molecule has 0 saturated heterocycles. The standard InChI is InChI=1S/C20H21N3O3/c1-14(15-7-3-2-4-8-15)13-21-18(24)11-12-23-17-10-6-5-9-16(17)19(25)22-20(23)26/h2-10,14H,11-13H2,1H3,(H,21,24)(H,22,25,26). The molecule has 0 aliphatic carbocycles. The summed E-state index contributed by atoms with van der Waals surface area (Å²) >= 11 is 0. The van der Waals surface area contributed by atoms with E-state index in [0.29, 0.717) is 17.4 Å². The first-order valence-electron chi connectivity index (χ1n) is 8.60. The summed E-state index contributed by atoms with van der Waals surface area (Å²) in [5.41, 5.74) is 0.782. The van der Waals surface area contributed by atoms with Crippen molar-refractivity contribution in [3.63, 3.8) is 0 Å². The normalized spacial score (nSPS) is 12.0. The maximum absolute atomic E-state index is 12.2. The fourth-order valence-electron chi connectivity index (χ4n) is 2.93. The molecule has 1 amide bonds. The summed E-state index contributed by atoms with van der Waals surface area (Å²) in [5.74, 6) is 0.0757. The zero-order chi connectivity index (χ0) is 18.5. The highest BCUT2D eigenvalue weighted by Gasteiger charge is 2.10. The van der Waals surface area contributed by atoms with E-state index >= 15 is 0 Å². The zero-order valence-corrected chi connectivity index (χ0v) is 14.6. The van der Waals surface area contributed by atoms with Gasteiger partial charge in [0.15, 0.2) is 0 Å². The van der Waals surface area contributed by atoms with Crippen LogP contribution in [0, 0.1) is 0 Å². The number of aryl methyl sites for hydroxylation is 1. The molecule has 26 heavy (non-hydrogen) atoms. The van der Waals surface area contributed by atoms with E-state index in [0.717, 1.165) is 5.56 Å². The van der Waals surface area contributed by atoms with Gasteiger partial charge >= 0.3 is 5.69 Å². The SMILES string of the molecule is CC(CNC(=O)CCn1c(=O)[nH]c(=O)c2ccccc21)c1ccccc1. The molecule has 1 atom stereocenters. The molecule has 0 bridgehead atoms. The third kappa shape index (κ3) is 3.91. The summed E-state index contributed by atoms with van der Waals surface area (Å²) in [6.45, 7) is 2.79. The molecule has 3 aromatic rings. The number of H-pyrrole nitrogens is 1. The predicted octanol–water partition coefficient (Wildman–Crippen LogP) is 2.00. The average molecular weight is 351 g/mol. The first-order chi connectivity index (χ1) is 12.6. The lowest BCUT2D eigenvalue weighted by molar-refractivity contribution is -0.121. The molecular weight excluding hydrogens is 330 g/mol. The quantitative estimate of drug-likeness (QED) is 0.712. The van der Waals surface area contributed by atoms with E-state index in [1.54, 1.807) is 24.3 Å². The third-order valence-corrected chi connectivity index (χ3v) is 4.44. The molecular formula is C20H21N3O3. The Morgan fingerprint density at radius 2 is 1.77 bits per heavy atom. The second-order valence-corrected chi connectivity index (χ2v) is 6.29. The number of nitrogens with zero attached hydrogens (tertiary/aromatic N) is 1. The summed E-state index contributed by atoms with van der Waals surface area (Å²) in [4.78, 5) is 38.4. The first kappa shape index (κ1) is 17.7. The molecule has 134 valence electrons. The van der Waals surface area contributed by atoms with Gasteiger partial charge in [0.05, 0.1) is 10.9 Å². The van der Waals surface area contributed by atoms with Gasteiger partial charge in [0.2, 0.25) is 5.91 Å². The number of aromatic amines is 1. The molecule has 0 fully saturated rings. The highest BCUT2D eigenvalue weighted by atomic mass is 16.2. The van der Waals surface area contributed by atoms with Crippen LogP contribution in [0.2, 0.25) is 0 Å². The minimum absolute atomic E-state index is 0.130. The summed E-state index contributed by atoms with van der Waals surface area (Å²) in [6, 6.07) is 16.8. The molecule has 2 N–H and O–H groups in total. The van der Waals surface area contributed by atoms with Crippen molar-refractivity contribution >= 4 is 16.8 Å².